The van der Waals surface area contributed by atoms with Crippen molar-refractivity contribution < 1.29 is 9.90 Å². The van der Waals surface area contributed by atoms with Gasteiger partial charge in [-0.15, -0.1) is 0 Å². The van der Waals surface area contributed by atoms with Crippen molar-refractivity contribution in [2.24, 2.45) is 0 Å². The van der Waals surface area contributed by atoms with Crippen molar-refractivity contribution in [2.75, 3.05) is 6.61 Å². The minimum atomic E-state index is -0.142. The highest BCUT2D eigenvalue weighted by molar-refractivity contribution is 5.98. The molecule has 0 saturated heterocycles. The predicted octanol–water partition coefficient (Wildman–Crippen LogP) is 2.50. The molecular formula is C18H24N4O2. The first-order valence-electron chi connectivity index (χ1n) is 8.51. The summed E-state index contributed by atoms with van der Waals surface area (Å²) in [7, 11) is 0. The van der Waals surface area contributed by atoms with E-state index in [9.17, 15) is 9.90 Å². The van der Waals surface area contributed by atoms with E-state index >= 15 is 0 Å². The average Bonchev–Trinajstić information content (AvgIpc) is 3.12. The van der Waals surface area contributed by atoms with Gasteiger partial charge in [-0.25, -0.2) is 9.67 Å². The lowest BCUT2D eigenvalue weighted by Gasteiger charge is -2.26. The Bertz CT molecular complexity index is 738. The third kappa shape index (κ3) is 2.82. The molecule has 1 amide bonds. The number of rotatable bonds is 6. The summed E-state index contributed by atoms with van der Waals surface area (Å²) in [6, 6.07) is 7.59. The Morgan fingerprint density at radius 3 is 2.67 bits per heavy atom. The molecule has 1 N–H and O–H groups in total. The molecule has 1 aromatic heterocycles. The number of amides is 1. The Balaban J connectivity index is 1.97. The van der Waals surface area contributed by atoms with E-state index in [-0.39, 0.29) is 24.5 Å². The molecule has 1 aliphatic rings. The van der Waals surface area contributed by atoms with Crippen LogP contribution in [0.4, 0.5) is 0 Å². The van der Waals surface area contributed by atoms with Crippen LogP contribution in [0.1, 0.15) is 66.7 Å². The van der Waals surface area contributed by atoms with Crippen LogP contribution in [0.5, 0.6) is 0 Å². The van der Waals surface area contributed by atoms with Crippen LogP contribution in [-0.2, 0) is 13.1 Å². The number of aliphatic hydroxyl groups is 1. The third-order valence-corrected chi connectivity index (χ3v) is 4.46. The molecule has 0 fully saturated rings. The van der Waals surface area contributed by atoms with Gasteiger partial charge in [0, 0.05) is 18.0 Å². The van der Waals surface area contributed by atoms with Gasteiger partial charge in [0.1, 0.15) is 5.82 Å². The summed E-state index contributed by atoms with van der Waals surface area (Å²) >= 11 is 0. The monoisotopic (exact) mass is 328 g/mol. The smallest absolute Gasteiger partial charge is 0.255 e. The summed E-state index contributed by atoms with van der Waals surface area (Å²) in [5, 5.41) is 13.9. The zero-order valence-electron chi connectivity index (χ0n) is 14.4. The van der Waals surface area contributed by atoms with Crippen LogP contribution >= 0.6 is 0 Å². The number of carbonyl (C=O) groups is 1. The van der Waals surface area contributed by atoms with E-state index in [0.29, 0.717) is 13.1 Å². The van der Waals surface area contributed by atoms with E-state index in [4.69, 9.17) is 0 Å². The van der Waals surface area contributed by atoms with E-state index in [1.165, 1.54) is 0 Å². The van der Waals surface area contributed by atoms with E-state index in [1.807, 2.05) is 49.9 Å². The van der Waals surface area contributed by atoms with Gasteiger partial charge in [-0.05, 0) is 18.1 Å². The zero-order valence-corrected chi connectivity index (χ0v) is 14.4. The van der Waals surface area contributed by atoms with Crippen molar-refractivity contribution in [3.63, 3.8) is 0 Å². The molecule has 0 spiro atoms. The maximum atomic E-state index is 12.8. The van der Waals surface area contributed by atoms with Crippen molar-refractivity contribution in [2.45, 2.75) is 52.2 Å². The predicted molar refractivity (Wildman–Crippen MR) is 90.5 cm³/mol. The van der Waals surface area contributed by atoms with Crippen LogP contribution in [0, 0.1) is 0 Å². The van der Waals surface area contributed by atoms with Crippen LogP contribution in [0.2, 0.25) is 0 Å². The number of aromatic nitrogens is 3. The highest BCUT2D eigenvalue weighted by Crippen LogP contribution is 2.33. The van der Waals surface area contributed by atoms with Gasteiger partial charge in [0.25, 0.3) is 5.91 Å². The standard InChI is InChI=1S/C18H24N4O2/c1-4-15(17-19-16(12(2)3)20-22(17)9-10-23)21-11-13-7-5-6-8-14(13)18(21)24/h5-8,12,15,23H,4,9-11H2,1-3H3. The first kappa shape index (κ1) is 16.6. The van der Waals surface area contributed by atoms with Crippen molar-refractivity contribution >= 4 is 5.91 Å². The van der Waals surface area contributed by atoms with Crippen molar-refractivity contribution in [1.82, 2.24) is 19.7 Å². The summed E-state index contributed by atoms with van der Waals surface area (Å²) < 4.78 is 1.75. The van der Waals surface area contributed by atoms with Crippen LogP contribution in [0.25, 0.3) is 0 Å². The van der Waals surface area contributed by atoms with Crippen LogP contribution in [0.3, 0.4) is 0 Å². The second-order valence-corrected chi connectivity index (χ2v) is 6.44. The van der Waals surface area contributed by atoms with Gasteiger partial charge in [-0.1, -0.05) is 39.0 Å². The lowest BCUT2D eigenvalue weighted by molar-refractivity contribution is 0.0681. The largest absolute Gasteiger partial charge is 0.394 e. The molecule has 1 aromatic carbocycles. The van der Waals surface area contributed by atoms with Gasteiger partial charge >= 0.3 is 0 Å². The topological polar surface area (TPSA) is 71.2 Å². The van der Waals surface area contributed by atoms with Gasteiger partial charge in [-0.3, -0.25) is 4.79 Å². The third-order valence-electron chi connectivity index (χ3n) is 4.46. The van der Waals surface area contributed by atoms with Gasteiger partial charge in [-0.2, -0.15) is 5.10 Å². The normalized spacial score (nSPS) is 15.2. The minimum absolute atomic E-state index is 0.00149. The summed E-state index contributed by atoms with van der Waals surface area (Å²) in [5.74, 6) is 1.76. The Labute approximate surface area is 142 Å². The molecule has 2 heterocycles. The molecule has 2 aromatic rings. The molecular weight excluding hydrogens is 304 g/mol. The first-order valence-corrected chi connectivity index (χ1v) is 8.51. The molecule has 0 bridgehead atoms. The van der Waals surface area contributed by atoms with Crippen LogP contribution in [0.15, 0.2) is 24.3 Å². The van der Waals surface area contributed by atoms with Crippen molar-refractivity contribution in [3.05, 3.63) is 47.0 Å². The number of hydrogen-bond acceptors (Lipinski definition) is 4. The van der Waals surface area contributed by atoms with Crippen LogP contribution < -0.4 is 0 Å². The molecule has 24 heavy (non-hydrogen) atoms. The van der Waals surface area contributed by atoms with Gasteiger partial charge in [0.05, 0.1) is 19.2 Å². The van der Waals surface area contributed by atoms with E-state index in [1.54, 1.807) is 4.68 Å². The quantitative estimate of drug-likeness (QED) is 0.884. The lowest BCUT2D eigenvalue weighted by atomic mass is 10.1. The van der Waals surface area contributed by atoms with Crippen molar-refractivity contribution in [3.8, 4) is 0 Å². The molecule has 1 unspecified atom stereocenters. The van der Waals surface area contributed by atoms with Gasteiger partial charge in [0.2, 0.25) is 0 Å². The number of fused-ring (bicyclic) bond motifs is 1. The Kier molecular flexibility index (Phi) is 4.66. The molecule has 128 valence electrons. The molecule has 0 aliphatic carbocycles. The molecule has 6 heteroatoms. The Morgan fingerprint density at radius 2 is 2.04 bits per heavy atom. The van der Waals surface area contributed by atoms with E-state index in [2.05, 4.69) is 10.1 Å². The average molecular weight is 328 g/mol. The highest BCUT2D eigenvalue weighted by atomic mass is 16.3. The number of aliphatic hydroxyl groups excluding tert-OH is 1. The Hall–Kier alpha value is -2.21. The minimum Gasteiger partial charge on any atom is -0.394 e. The Morgan fingerprint density at radius 1 is 1.29 bits per heavy atom. The number of nitrogens with zero attached hydrogens (tertiary/aromatic N) is 4. The second kappa shape index (κ2) is 6.73. The van der Waals surface area contributed by atoms with E-state index < -0.39 is 0 Å². The summed E-state index contributed by atoms with van der Waals surface area (Å²) in [5.41, 5.74) is 1.83. The van der Waals surface area contributed by atoms with Gasteiger partial charge < -0.3 is 10.0 Å². The fraction of sp³-hybridized carbons (Fsp3) is 0.500. The summed E-state index contributed by atoms with van der Waals surface area (Å²) in [4.78, 5) is 19.4. The van der Waals surface area contributed by atoms with E-state index in [0.717, 1.165) is 29.2 Å². The summed E-state index contributed by atoms with van der Waals surface area (Å²) in [6.45, 7) is 7.11. The van der Waals surface area contributed by atoms with Gasteiger partial charge in [0.15, 0.2) is 5.82 Å². The molecule has 3 rings (SSSR count). The maximum Gasteiger partial charge on any atom is 0.255 e. The second-order valence-electron chi connectivity index (χ2n) is 6.44. The highest BCUT2D eigenvalue weighted by Gasteiger charge is 2.35. The molecule has 1 aliphatic heterocycles. The molecule has 0 saturated carbocycles. The zero-order chi connectivity index (χ0) is 17.3. The summed E-state index contributed by atoms with van der Waals surface area (Å²) in [6.07, 6.45) is 0.751. The number of carbonyl (C=O) groups excluding carboxylic acids is 1. The van der Waals surface area contributed by atoms with Crippen molar-refractivity contribution in [1.29, 1.82) is 0 Å². The first-order chi connectivity index (χ1) is 11.6. The molecule has 1 atom stereocenters. The van der Waals surface area contributed by atoms with Crippen LogP contribution in [-0.4, -0.2) is 37.3 Å². The number of benzene rings is 1. The number of hydrogen-bond donors (Lipinski definition) is 1. The molecule has 0 radical (unpaired) electrons. The SMILES string of the molecule is CCC(c1nc(C(C)C)nn1CCO)N1Cc2ccccc2C1=O. The molecule has 6 nitrogen and oxygen atoms in total. The maximum absolute atomic E-state index is 12.8. The fourth-order valence-electron chi connectivity index (χ4n) is 3.19. The lowest BCUT2D eigenvalue weighted by Crippen LogP contribution is -2.31. The fourth-order valence-corrected chi connectivity index (χ4v) is 3.19.